The second kappa shape index (κ2) is 8.95. The first-order valence-electron chi connectivity index (χ1n) is 11.1. The number of likely N-dealkylation sites (tertiary alicyclic amines) is 1. The molecule has 2 amide bonds. The molecule has 3 aliphatic rings. The van der Waals surface area contributed by atoms with Crippen molar-refractivity contribution in [2.45, 2.75) is 52.0 Å². The van der Waals surface area contributed by atoms with E-state index in [1.807, 2.05) is 11.0 Å². The summed E-state index contributed by atoms with van der Waals surface area (Å²) >= 11 is 6.57. The number of carbonyl (C=O) groups excluding carboxylic acids is 2. The van der Waals surface area contributed by atoms with Crippen molar-refractivity contribution in [1.29, 1.82) is 0 Å². The number of amides is 2. The van der Waals surface area contributed by atoms with E-state index in [1.165, 1.54) is 12.8 Å². The molecule has 2 saturated heterocycles. The Morgan fingerprint density at radius 3 is 2.59 bits per heavy atom. The van der Waals surface area contributed by atoms with Gasteiger partial charge in [-0.15, -0.1) is 0 Å². The van der Waals surface area contributed by atoms with Crippen molar-refractivity contribution < 1.29 is 9.59 Å². The summed E-state index contributed by atoms with van der Waals surface area (Å²) in [7, 11) is 0. The summed E-state index contributed by atoms with van der Waals surface area (Å²) in [6.45, 7) is 6.22. The molecule has 0 aromatic heterocycles. The van der Waals surface area contributed by atoms with Gasteiger partial charge >= 0.3 is 0 Å². The molecule has 2 atom stereocenters. The van der Waals surface area contributed by atoms with Crippen LogP contribution >= 0.6 is 11.6 Å². The van der Waals surface area contributed by atoms with Crippen LogP contribution in [0.15, 0.2) is 18.2 Å². The fraction of sp³-hybridized carbons (Fsp3) is 0.652. The molecular formula is C23H32ClN3O2. The van der Waals surface area contributed by atoms with Crippen molar-refractivity contribution in [3.63, 3.8) is 0 Å². The number of carbonyl (C=O) groups is 2. The second-order valence-electron chi connectivity index (χ2n) is 9.09. The molecule has 0 radical (unpaired) electrons. The predicted octanol–water partition coefficient (Wildman–Crippen LogP) is 3.84. The molecule has 1 saturated carbocycles. The monoisotopic (exact) mass is 417 g/mol. The molecule has 29 heavy (non-hydrogen) atoms. The first kappa shape index (κ1) is 20.5. The minimum absolute atomic E-state index is 0.0448. The third-order valence-corrected chi connectivity index (χ3v) is 6.81. The largest absolute Gasteiger partial charge is 0.370 e. The van der Waals surface area contributed by atoms with Crippen LogP contribution in [0.1, 0.15) is 51.0 Å². The van der Waals surface area contributed by atoms with Gasteiger partial charge in [-0.2, -0.15) is 0 Å². The molecule has 1 aromatic rings. The Morgan fingerprint density at radius 2 is 1.86 bits per heavy atom. The molecule has 0 unspecified atom stereocenters. The Labute approximate surface area is 178 Å². The molecule has 1 aromatic carbocycles. The molecule has 0 bridgehead atoms. The maximum absolute atomic E-state index is 12.7. The zero-order valence-electron chi connectivity index (χ0n) is 17.3. The van der Waals surface area contributed by atoms with Crippen LogP contribution in [-0.2, 0) is 16.1 Å². The lowest BCUT2D eigenvalue weighted by atomic mass is 9.96. The zero-order valence-corrected chi connectivity index (χ0v) is 18.1. The predicted molar refractivity (Wildman–Crippen MR) is 116 cm³/mol. The lowest BCUT2D eigenvalue weighted by Crippen LogP contribution is -2.45. The van der Waals surface area contributed by atoms with Gasteiger partial charge in [0.15, 0.2) is 0 Å². The Kier molecular flexibility index (Phi) is 6.33. The quantitative estimate of drug-likeness (QED) is 0.791. The highest BCUT2D eigenvalue weighted by molar-refractivity contribution is 6.33. The van der Waals surface area contributed by atoms with Crippen LogP contribution in [0, 0.1) is 17.8 Å². The summed E-state index contributed by atoms with van der Waals surface area (Å²) in [5.41, 5.74) is 2.11. The molecular weight excluding hydrogens is 386 g/mol. The third-order valence-electron chi connectivity index (χ3n) is 6.51. The first-order chi connectivity index (χ1) is 14.0. The van der Waals surface area contributed by atoms with E-state index in [2.05, 4.69) is 29.3 Å². The minimum atomic E-state index is -0.101. The van der Waals surface area contributed by atoms with Crippen LogP contribution in [0.5, 0.6) is 0 Å². The molecule has 0 spiro atoms. The van der Waals surface area contributed by atoms with Crippen LogP contribution in [0.2, 0.25) is 5.02 Å². The van der Waals surface area contributed by atoms with E-state index >= 15 is 0 Å². The Morgan fingerprint density at radius 1 is 1.07 bits per heavy atom. The summed E-state index contributed by atoms with van der Waals surface area (Å²) in [5, 5.41) is 3.81. The number of halogens is 1. The number of rotatable bonds is 5. The summed E-state index contributed by atoms with van der Waals surface area (Å²) in [5.74, 6) is 1.11. The van der Waals surface area contributed by atoms with Crippen molar-refractivity contribution in [3.05, 3.63) is 28.8 Å². The Hall–Kier alpha value is -1.75. The van der Waals surface area contributed by atoms with Crippen LogP contribution in [-0.4, -0.2) is 42.9 Å². The topological polar surface area (TPSA) is 52.7 Å². The molecule has 158 valence electrons. The van der Waals surface area contributed by atoms with Crippen LogP contribution in [0.25, 0.3) is 0 Å². The van der Waals surface area contributed by atoms with E-state index in [0.717, 1.165) is 61.6 Å². The number of piperidine rings is 2. The molecule has 2 aliphatic heterocycles. The van der Waals surface area contributed by atoms with Gasteiger partial charge in [-0.1, -0.05) is 24.6 Å². The van der Waals surface area contributed by atoms with E-state index in [9.17, 15) is 9.59 Å². The van der Waals surface area contributed by atoms with Crippen molar-refractivity contribution >= 4 is 29.1 Å². The number of anilines is 1. The van der Waals surface area contributed by atoms with E-state index in [4.69, 9.17) is 11.6 Å². The van der Waals surface area contributed by atoms with Crippen LogP contribution < -0.4 is 10.2 Å². The number of benzene rings is 1. The van der Waals surface area contributed by atoms with Crippen molar-refractivity contribution in [2.75, 3.05) is 31.1 Å². The lowest BCUT2D eigenvalue weighted by Gasteiger charge is -2.33. The van der Waals surface area contributed by atoms with Gasteiger partial charge in [0.2, 0.25) is 11.8 Å². The van der Waals surface area contributed by atoms with E-state index in [1.54, 1.807) is 0 Å². The molecule has 5 nitrogen and oxygen atoms in total. The Balaban J connectivity index is 1.30. The van der Waals surface area contributed by atoms with Crippen molar-refractivity contribution in [3.8, 4) is 0 Å². The molecule has 3 fully saturated rings. The lowest BCUT2D eigenvalue weighted by molar-refractivity contribution is -0.136. The molecule has 6 heteroatoms. The fourth-order valence-electron chi connectivity index (χ4n) is 4.64. The summed E-state index contributed by atoms with van der Waals surface area (Å²) in [6.07, 6.45) is 6.27. The van der Waals surface area contributed by atoms with Gasteiger partial charge in [0.25, 0.3) is 0 Å². The average molecular weight is 418 g/mol. The standard InChI is InChI=1S/C23H32ClN3O2/c1-16-4-2-10-26(14-16)21-9-6-17(12-20(21)24)13-25-22(28)19-5-3-11-27(15-19)23(29)18-7-8-18/h6,9,12,16,18-19H,2-5,7-8,10-11,13-15H2,1H3,(H,25,28)/t16-,19+/m1/s1. The van der Waals surface area contributed by atoms with Crippen LogP contribution in [0.4, 0.5) is 5.69 Å². The number of nitrogens with one attached hydrogen (secondary N) is 1. The van der Waals surface area contributed by atoms with Crippen LogP contribution in [0.3, 0.4) is 0 Å². The first-order valence-corrected chi connectivity index (χ1v) is 11.5. The van der Waals surface area contributed by atoms with Gasteiger partial charge in [0, 0.05) is 38.6 Å². The Bertz CT molecular complexity index is 764. The van der Waals surface area contributed by atoms with Gasteiger partial charge in [0.05, 0.1) is 16.6 Å². The van der Waals surface area contributed by atoms with Crippen molar-refractivity contribution in [1.82, 2.24) is 10.2 Å². The van der Waals surface area contributed by atoms with Gasteiger partial charge in [0.1, 0.15) is 0 Å². The number of hydrogen-bond acceptors (Lipinski definition) is 3. The minimum Gasteiger partial charge on any atom is -0.370 e. The summed E-state index contributed by atoms with van der Waals surface area (Å²) in [6, 6.07) is 6.11. The summed E-state index contributed by atoms with van der Waals surface area (Å²) in [4.78, 5) is 29.2. The van der Waals surface area contributed by atoms with Gasteiger partial charge < -0.3 is 15.1 Å². The van der Waals surface area contributed by atoms with E-state index < -0.39 is 0 Å². The fourth-order valence-corrected chi connectivity index (χ4v) is 4.96. The molecule has 1 aliphatic carbocycles. The van der Waals surface area contributed by atoms with E-state index in [0.29, 0.717) is 19.0 Å². The molecule has 1 N–H and O–H groups in total. The molecule has 4 rings (SSSR count). The normalized spacial score (nSPS) is 25.0. The second-order valence-corrected chi connectivity index (χ2v) is 9.50. The number of hydrogen-bond donors (Lipinski definition) is 1. The SMILES string of the molecule is C[C@@H]1CCCN(c2ccc(CNC(=O)[C@H]3CCCN(C(=O)C4CC4)C3)cc2Cl)C1. The maximum Gasteiger partial charge on any atom is 0.225 e. The zero-order chi connectivity index (χ0) is 20.4. The molecule has 2 heterocycles. The van der Waals surface area contributed by atoms with Gasteiger partial charge in [-0.3, -0.25) is 9.59 Å². The van der Waals surface area contributed by atoms with Gasteiger partial charge in [-0.25, -0.2) is 0 Å². The smallest absolute Gasteiger partial charge is 0.225 e. The highest BCUT2D eigenvalue weighted by Gasteiger charge is 2.36. The third kappa shape index (κ3) is 5.06. The highest BCUT2D eigenvalue weighted by atomic mass is 35.5. The highest BCUT2D eigenvalue weighted by Crippen LogP contribution is 2.33. The van der Waals surface area contributed by atoms with E-state index in [-0.39, 0.29) is 23.7 Å². The summed E-state index contributed by atoms with van der Waals surface area (Å²) < 4.78 is 0. The number of nitrogens with zero attached hydrogens (tertiary/aromatic N) is 2. The maximum atomic E-state index is 12.7. The van der Waals surface area contributed by atoms with Gasteiger partial charge in [-0.05, 0) is 62.1 Å². The van der Waals surface area contributed by atoms with Crippen molar-refractivity contribution in [2.24, 2.45) is 17.8 Å². The average Bonchev–Trinajstić information content (AvgIpc) is 3.57.